The fourth-order valence-electron chi connectivity index (χ4n) is 1.44. The number of aromatic amines is 1. The lowest BCUT2D eigenvalue weighted by Gasteiger charge is -2.08. The molecule has 2 aromatic rings. The zero-order valence-corrected chi connectivity index (χ0v) is 10.9. The van der Waals surface area contributed by atoms with Gasteiger partial charge in [0.25, 0.3) is 10.0 Å². The van der Waals surface area contributed by atoms with Crippen LogP contribution in [0.4, 0.5) is 10.1 Å². The smallest absolute Gasteiger partial charge is 0.278 e. The molecule has 6 nitrogen and oxygen atoms in total. The lowest BCUT2D eigenvalue weighted by molar-refractivity contribution is 0.321. The van der Waals surface area contributed by atoms with Gasteiger partial charge in [-0.25, -0.2) is 4.39 Å². The van der Waals surface area contributed by atoms with Crippen LogP contribution < -0.4 is 9.46 Å². The Morgan fingerprint density at radius 2 is 2.21 bits per heavy atom. The topological polar surface area (TPSA) is 84.1 Å². The van der Waals surface area contributed by atoms with Crippen LogP contribution in [0.25, 0.3) is 0 Å². The maximum Gasteiger partial charge on any atom is 0.278 e. The first kappa shape index (κ1) is 13.3. The van der Waals surface area contributed by atoms with Crippen LogP contribution in [0.2, 0.25) is 0 Å². The fraction of sp³-hybridized carbons (Fsp3) is 0.182. The number of aromatic nitrogens is 2. The number of nitrogens with one attached hydrogen (secondary N) is 2. The van der Waals surface area contributed by atoms with Gasteiger partial charge in [-0.2, -0.15) is 13.5 Å². The van der Waals surface area contributed by atoms with Gasteiger partial charge in [0.1, 0.15) is 0 Å². The van der Waals surface area contributed by atoms with Gasteiger partial charge >= 0.3 is 0 Å². The third kappa shape index (κ3) is 3.02. The van der Waals surface area contributed by atoms with E-state index in [4.69, 9.17) is 4.74 Å². The number of H-pyrrole nitrogens is 1. The Labute approximate surface area is 109 Å². The number of nitrogens with zero attached hydrogens (tertiary/aromatic N) is 1. The molecule has 0 saturated carbocycles. The molecule has 0 radical (unpaired) electrons. The van der Waals surface area contributed by atoms with E-state index in [0.29, 0.717) is 6.61 Å². The molecule has 0 unspecified atom stereocenters. The highest BCUT2D eigenvalue weighted by molar-refractivity contribution is 7.92. The lowest BCUT2D eigenvalue weighted by atomic mass is 10.3. The summed E-state index contributed by atoms with van der Waals surface area (Å²) in [6.07, 6.45) is 1.31. The van der Waals surface area contributed by atoms with Crippen molar-refractivity contribution in [2.24, 2.45) is 0 Å². The minimum absolute atomic E-state index is 0.0759. The van der Waals surface area contributed by atoms with Gasteiger partial charge in [-0.15, -0.1) is 0 Å². The van der Waals surface area contributed by atoms with Crippen LogP contribution in [0.5, 0.6) is 5.75 Å². The summed E-state index contributed by atoms with van der Waals surface area (Å²) in [5.74, 6) is -0.557. The highest BCUT2D eigenvalue weighted by Crippen LogP contribution is 2.22. The summed E-state index contributed by atoms with van der Waals surface area (Å²) in [5, 5.41) is 5.78. The summed E-state index contributed by atoms with van der Waals surface area (Å²) in [4.78, 5) is 0. The largest absolute Gasteiger partial charge is 0.491 e. The summed E-state index contributed by atoms with van der Waals surface area (Å²) in [6, 6.07) is 5.14. The molecule has 19 heavy (non-hydrogen) atoms. The Hall–Kier alpha value is -2.09. The van der Waals surface area contributed by atoms with E-state index in [2.05, 4.69) is 14.9 Å². The molecule has 0 aliphatic rings. The van der Waals surface area contributed by atoms with Gasteiger partial charge in [0.2, 0.25) is 0 Å². The van der Waals surface area contributed by atoms with Gasteiger partial charge in [0.15, 0.2) is 16.6 Å². The molecule has 0 fully saturated rings. The lowest BCUT2D eigenvalue weighted by Crippen LogP contribution is -2.13. The molecule has 2 rings (SSSR count). The van der Waals surface area contributed by atoms with Crippen LogP contribution in [-0.4, -0.2) is 25.2 Å². The van der Waals surface area contributed by atoms with Crippen molar-refractivity contribution < 1.29 is 17.5 Å². The minimum atomic E-state index is -3.79. The number of hydrogen-bond donors (Lipinski definition) is 2. The normalized spacial score (nSPS) is 11.3. The molecule has 0 atom stereocenters. The average molecular weight is 285 g/mol. The number of sulfonamides is 1. The van der Waals surface area contributed by atoms with Crippen LogP contribution in [0, 0.1) is 5.82 Å². The molecule has 0 aliphatic heterocycles. The monoisotopic (exact) mass is 285 g/mol. The van der Waals surface area contributed by atoms with Gasteiger partial charge in [-0.05, 0) is 25.1 Å². The van der Waals surface area contributed by atoms with E-state index in [1.165, 1.54) is 24.4 Å². The highest BCUT2D eigenvalue weighted by atomic mass is 32.2. The second-order valence-corrected chi connectivity index (χ2v) is 5.26. The molecule has 0 saturated heterocycles. The van der Waals surface area contributed by atoms with Gasteiger partial charge in [0, 0.05) is 6.07 Å². The summed E-state index contributed by atoms with van der Waals surface area (Å²) in [7, 11) is -3.79. The van der Waals surface area contributed by atoms with E-state index in [1.807, 2.05) is 0 Å². The van der Waals surface area contributed by atoms with Crippen LogP contribution >= 0.6 is 0 Å². The maximum atomic E-state index is 13.6. The van der Waals surface area contributed by atoms with Crippen molar-refractivity contribution in [3.63, 3.8) is 0 Å². The number of hydrogen-bond acceptors (Lipinski definition) is 4. The number of anilines is 1. The van der Waals surface area contributed by atoms with Crippen molar-refractivity contribution in [3.05, 3.63) is 36.3 Å². The Morgan fingerprint density at radius 3 is 2.79 bits per heavy atom. The molecule has 0 amide bonds. The van der Waals surface area contributed by atoms with E-state index >= 15 is 0 Å². The van der Waals surface area contributed by atoms with Crippen molar-refractivity contribution in [1.82, 2.24) is 10.2 Å². The Bertz CT molecular complexity index is 656. The SMILES string of the molecule is CCOc1ccc(NS(=O)(=O)c2ccn[nH]2)cc1F. The third-order valence-electron chi connectivity index (χ3n) is 2.25. The van der Waals surface area contributed by atoms with Crippen molar-refractivity contribution in [2.45, 2.75) is 11.9 Å². The third-order valence-corrected chi connectivity index (χ3v) is 3.56. The molecule has 0 spiro atoms. The molecule has 1 aromatic carbocycles. The van der Waals surface area contributed by atoms with E-state index in [0.717, 1.165) is 6.07 Å². The van der Waals surface area contributed by atoms with Crippen LogP contribution in [-0.2, 0) is 10.0 Å². The van der Waals surface area contributed by atoms with Crippen molar-refractivity contribution in [1.29, 1.82) is 0 Å². The molecule has 0 bridgehead atoms. The number of rotatable bonds is 5. The van der Waals surface area contributed by atoms with Crippen molar-refractivity contribution >= 4 is 15.7 Å². The predicted molar refractivity (Wildman–Crippen MR) is 67.0 cm³/mol. The summed E-state index contributed by atoms with van der Waals surface area (Å²) < 4.78 is 44.5. The number of halogens is 1. The molecule has 102 valence electrons. The van der Waals surface area contributed by atoms with E-state index < -0.39 is 15.8 Å². The molecular weight excluding hydrogens is 273 g/mol. The second kappa shape index (κ2) is 5.27. The Morgan fingerprint density at radius 1 is 1.42 bits per heavy atom. The fourth-order valence-corrected chi connectivity index (χ4v) is 2.40. The standard InChI is InChI=1S/C11H12FN3O3S/c1-2-18-10-4-3-8(7-9(10)12)15-19(16,17)11-5-6-13-14-11/h3-7,15H,2H2,1H3,(H,13,14). The molecule has 1 aromatic heterocycles. The average Bonchev–Trinajstić information content (AvgIpc) is 2.87. The summed E-state index contributed by atoms with van der Waals surface area (Å²) >= 11 is 0. The number of ether oxygens (including phenoxy) is 1. The molecule has 2 N–H and O–H groups in total. The first-order chi connectivity index (χ1) is 9.03. The zero-order chi connectivity index (χ0) is 13.9. The van der Waals surface area contributed by atoms with Crippen molar-refractivity contribution in [2.75, 3.05) is 11.3 Å². The molecule has 1 heterocycles. The zero-order valence-electron chi connectivity index (χ0n) is 10.1. The van der Waals surface area contributed by atoms with Crippen LogP contribution in [0.15, 0.2) is 35.5 Å². The van der Waals surface area contributed by atoms with Gasteiger partial charge in [-0.1, -0.05) is 0 Å². The van der Waals surface area contributed by atoms with Gasteiger partial charge in [-0.3, -0.25) is 9.82 Å². The predicted octanol–water partition coefficient (Wildman–Crippen LogP) is 1.75. The van der Waals surface area contributed by atoms with Crippen molar-refractivity contribution in [3.8, 4) is 5.75 Å². The van der Waals surface area contributed by atoms with E-state index in [1.54, 1.807) is 6.92 Å². The Balaban J connectivity index is 2.23. The molecular formula is C11H12FN3O3S. The molecule has 8 heteroatoms. The summed E-state index contributed by atoms with van der Waals surface area (Å²) in [6.45, 7) is 2.06. The van der Waals surface area contributed by atoms with Gasteiger partial charge in [0.05, 0.1) is 18.5 Å². The van der Waals surface area contributed by atoms with Gasteiger partial charge < -0.3 is 4.74 Å². The van der Waals surface area contributed by atoms with E-state index in [9.17, 15) is 12.8 Å². The molecule has 0 aliphatic carbocycles. The first-order valence-corrected chi connectivity index (χ1v) is 6.96. The number of benzene rings is 1. The Kier molecular flexibility index (Phi) is 3.70. The summed E-state index contributed by atoms with van der Waals surface area (Å²) in [5.41, 5.74) is 0.107. The minimum Gasteiger partial charge on any atom is -0.491 e. The van der Waals surface area contributed by atoms with Crippen LogP contribution in [0.1, 0.15) is 6.92 Å². The van der Waals surface area contributed by atoms with E-state index in [-0.39, 0.29) is 16.5 Å². The highest BCUT2D eigenvalue weighted by Gasteiger charge is 2.16. The van der Waals surface area contributed by atoms with Crippen LogP contribution in [0.3, 0.4) is 0 Å². The maximum absolute atomic E-state index is 13.6. The quantitative estimate of drug-likeness (QED) is 0.876. The second-order valence-electron chi connectivity index (χ2n) is 3.60. The first-order valence-electron chi connectivity index (χ1n) is 5.47.